The summed E-state index contributed by atoms with van der Waals surface area (Å²) in [5.74, 6) is 4.77. The van der Waals surface area contributed by atoms with E-state index >= 15 is 0 Å². The molecule has 0 bridgehead atoms. The second-order valence-electron chi connectivity index (χ2n) is 8.58. The van der Waals surface area contributed by atoms with Crippen LogP contribution in [-0.4, -0.2) is 0 Å². The van der Waals surface area contributed by atoms with Gasteiger partial charge in [-0.2, -0.15) is 0 Å². The lowest BCUT2D eigenvalue weighted by Crippen LogP contribution is -2.06. The monoisotopic (exact) mass is 294 g/mol. The Kier molecular flexibility index (Phi) is 9.69. The highest BCUT2D eigenvalue weighted by molar-refractivity contribution is 4.67. The lowest BCUT2D eigenvalue weighted by atomic mass is 9.86. The molecule has 0 nitrogen and oxygen atoms in total. The van der Waals surface area contributed by atoms with E-state index in [0.29, 0.717) is 0 Å². The molecule has 0 aromatic heterocycles. The quantitative estimate of drug-likeness (QED) is 0.470. The number of rotatable bonds is 1. The smallest absolute Gasteiger partial charge is 0.0417 e. The van der Waals surface area contributed by atoms with E-state index in [2.05, 4.69) is 34.6 Å². The van der Waals surface area contributed by atoms with Crippen molar-refractivity contribution in [1.29, 1.82) is 0 Å². The van der Waals surface area contributed by atoms with Gasteiger partial charge in [0.25, 0.3) is 0 Å². The van der Waals surface area contributed by atoms with Gasteiger partial charge in [-0.1, -0.05) is 105 Å². The van der Waals surface area contributed by atoms with Crippen LogP contribution in [0.25, 0.3) is 0 Å². The summed E-state index contributed by atoms with van der Waals surface area (Å²) in [5, 5.41) is 0. The van der Waals surface area contributed by atoms with Gasteiger partial charge in [-0.05, 0) is 29.6 Å². The molecule has 0 saturated heterocycles. The van der Waals surface area contributed by atoms with Crippen LogP contribution in [-0.2, 0) is 0 Å². The van der Waals surface area contributed by atoms with Gasteiger partial charge in [0.2, 0.25) is 0 Å². The SMILES string of the molecule is CCC1CCC(C)CCC(C)CCC(C)CCC(C)CC1. The third-order valence-electron chi connectivity index (χ3n) is 6.17. The molecule has 21 heavy (non-hydrogen) atoms. The van der Waals surface area contributed by atoms with E-state index in [1.807, 2.05) is 0 Å². The zero-order valence-electron chi connectivity index (χ0n) is 15.7. The summed E-state index contributed by atoms with van der Waals surface area (Å²) >= 11 is 0. The minimum absolute atomic E-state index is 0.944. The Morgan fingerprint density at radius 3 is 0.952 bits per heavy atom. The molecule has 0 heterocycles. The second-order valence-corrected chi connectivity index (χ2v) is 8.58. The molecule has 0 N–H and O–H groups in total. The molecular formula is C21H42. The van der Waals surface area contributed by atoms with E-state index in [1.54, 1.807) is 0 Å². The molecule has 0 radical (unpaired) electrons. The Bertz CT molecular complexity index is 220. The summed E-state index contributed by atoms with van der Waals surface area (Å²) in [4.78, 5) is 0. The van der Waals surface area contributed by atoms with Gasteiger partial charge >= 0.3 is 0 Å². The molecule has 4 unspecified atom stereocenters. The second kappa shape index (κ2) is 10.7. The van der Waals surface area contributed by atoms with Gasteiger partial charge < -0.3 is 0 Å². The third kappa shape index (κ3) is 8.89. The number of hydrogen-bond acceptors (Lipinski definition) is 0. The molecule has 1 saturated carbocycles. The van der Waals surface area contributed by atoms with E-state index in [0.717, 1.165) is 29.6 Å². The Hall–Kier alpha value is 0. The highest BCUT2D eigenvalue weighted by Crippen LogP contribution is 2.29. The van der Waals surface area contributed by atoms with Crippen LogP contribution in [0.2, 0.25) is 0 Å². The molecule has 1 rings (SSSR count). The van der Waals surface area contributed by atoms with Gasteiger partial charge in [-0.25, -0.2) is 0 Å². The van der Waals surface area contributed by atoms with Crippen LogP contribution in [0.4, 0.5) is 0 Å². The molecule has 1 fully saturated rings. The van der Waals surface area contributed by atoms with Crippen LogP contribution in [0.5, 0.6) is 0 Å². The topological polar surface area (TPSA) is 0 Å². The van der Waals surface area contributed by atoms with Gasteiger partial charge in [0.05, 0.1) is 0 Å². The minimum Gasteiger partial charge on any atom is -0.0651 e. The van der Waals surface area contributed by atoms with Gasteiger partial charge in [0, 0.05) is 0 Å². The lowest BCUT2D eigenvalue weighted by molar-refractivity contribution is 0.326. The molecule has 4 atom stereocenters. The zero-order chi connectivity index (χ0) is 15.7. The van der Waals surface area contributed by atoms with Crippen molar-refractivity contribution >= 4 is 0 Å². The molecule has 126 valence electrons. The predicted molar refractivity (Wildman–Crippen MR) is 96.6 cm³/mol. The summed E-state index contributed by atoms with van der Waals surface area (Å²) in [7, 11) is 0. The van der Waals surface area contributed by atoms with Crippen LogP contribution in [0.15, 0.2) is 0 Å². The van der Waals surface area contributed by atoms with Gasteiger partial charge in [0.15, 0.2) is 0 Å². The molecule has 1 aliphatic rings. The van der Waals surface area contributed by atoms with Crippen LogP contribution in [0.3, 0.4) is 0 Å². The predicted octanol–water partition coefficient (Wildman–Crippen LogP) is 7.47. The van der Waals surface area contributed by atoms with Crippen molar-refractivity contribution in [3.63, 3.8) is 0 Å². The first kappa shape index (κ1) is 19.0. The number of hydrogen-bond donors (Lipinski definition) is 0. The van der Waals surface area contributed by atoms with Crippen molar-refractivity contribution in [3.05, 3.63) is 0 Å². The van der Waals surface area contributed by atoms with Crippen molar-refractivity contribution in [2.24, 2.45) is 29.6 Å². The van der Waals surface area contributed by atoms with E-state index in [1.165, 1.54) is 70.6 Å². The molecule has 0 aromatic rings. The van der Waals surface area contributed by atoms with Gasteiger partial charge in [0.1, 0.15) is 0 Å². The van der Waals surface area contributed by atoms with Crippen molar-refractivity contribution in [2.75, 3.05) is 0 Å². The first-order valence-corrected chi connectivity index (χ1v) is 10.0. The highest BCUT2D eigenvalue weighted by Gasteiger charge is 2.15. The van der Waals surface area contributed by atoms with E-state index < -0.39 is 0 Å². The average Bonchev–Trinajstić information content (AvgIpc) is 2.48. The fourth-order valence-corrected chi connectivity index (χ4v) is 3.88. The molecule has 1 aliphatic carbocycles. The maximum absolute atomic E-state index is 2.49. The maximum Gasteiger partial charge on any atom is -0.0417 e. The van der Waals surface area contributed by atoms with Crippen molar-refractivity contribution in [2.45, 2.75) is 105 Å². The lowest BCUT2D eigenvalue weighted by Gasteiger charge is -2.20. The van der Waals surface area contributed by atoms with E-state index in [9.17, 15) is 0 Å². The van der Waals surface area contributed by atoms with Gasteiger partial charge in [-0.15, -0.1) is 0 Å². The van der Waals surface area contributed by atoms with Crippen molar-refractivity contribution < 1.29 is 0 Å². The summed E-state index contributed by atoms with van der Waals surface area (Å²) in [5.41, 5.74) is 0. The van der Waals surface area contributed by atoms with Crippen LogP contribution in [0, 0.1) is 29.6 Å². The summed E-state index contributed by atoms with van der Waals surface area (Å²) < 4.78 is 0. The molecular weight excluding hydrogens is 252 g/mol. The Balaban J connectivity index is 2.51. The van der Waals surface area contributed by atoms with E-state index in [-0.39, 0.29) is 0 Å². The van der Waals surface area contributed by atoms with Crippen LogP contribution in [0.1, 0.15) is 105 Å². The molecule has 0 aliphatic heterocycles. The standard InChI is InChI=1S/C21H42/c1-6-21-15-13-19(4)11-9-17(2)7-8-18(3)10-12-20(5)14-16-21/h17-21H,6-16H2,1-5H3. The minimum atomic E-state index is 0.944. The zero-order valence-corrected chi connectivity index (χ0v) is 15.7. The first-order valence-electron chi connectivity index (χ1n) is 10.0. The summed E-state index contributed by atoms with van der Waals surface area (Å²) in [6, 6.07) is 0. The molecule has 0 spiro atoms. The summed E-state index contributed by atoms with van der Waals surface area (Å²) in [6.07, 6.45) is 16.1. The summed E-state index contributed by atoms with van der Waals surface area (Å²) in [6.45, 7) is 12.3. The van der Waals surface area contributed by atoms with E-state index in [4.69, 9.17) is 0 Å². The fourth-order valence-electron chi connectivity index (χ4n) is 3.88. The first-order chi connectivity index (χ1) is 10.0. The van der Waals surface area contributed by atoms with Crippen LogP contribution < -0.4 is 0 Å². The molecule has 0 amide bonds. The highest BCUT2D eigenvalue weighted by atomic mass is 14.2. The third-order valence-corrected chi connectivity index (χ3v) is 6.17. The largest absolute Gasteiger partial charge is 0.0651 e. The normalized spacial score (nSPS) is 38.4. The fraction of sp³-hybridized carbons (Fsp3) is 1.00. The molecule has 0 heteroatoms. The maximum atomic E-state index is 2.49. The Morgan fingerprint density at radius 2 is 0.714 bits per heavy atom. The average molecular weight is 295 g/mol. The molecule has 0 aromatic carbocycles. The van der Waals surface area contributed by atoms with Crippen LogP contribution >= 0.6 is 0 Å². The van der Waals surface area contributed by atoms with Crippen molar-refractivity contribution in [3.8, 4) is 0 Å². The Morgan fingerprint density at radius 1 is 0.476 bits per heavy atom. The Labute approximate surface area is 135 Å². The van der Waals surface area contributed by atoms with Gasteiger partial charge in [-0.3, -0.25) is 0 Å². The van der Waals surface area contributed by atoms with Crippen molar-refractivity contribution in [1.82, 2.24) is 0 Å².